The summed E-state index contributed by atoms with van der Waals surface area (Å²) in [5.74, 6) is -0.983. The second-order valence-corrected chi connectivity index (χ2v) is 3.39. The molecule has 0 unspecified atom stereocenters. The van der Waals surface area contributed by atoms with Crippen LogP contribution >= 0.6 is 0 Å². The Morgan fingerprint density at radius 1 is 1.64 bits per heavy atom. The molecule has 3 N–H and O–H groups in total. The molecule has 0 aliphatic rings. The molecule has 0 bridgehead atoms. The van der Waals surface area contributed by atoms with E-state index >= 15 is 0 Å². The number of rotatable bonds is 3. The first-order chi connectivity index (χ1) is 6.50. The lowest BCUT2D eigenvalue weighted by atomic mass is 10.1. The summed E-state index contributed by atoms with van der Waals surface area (Å²) in [4.78, 5) is 14.7. The van der Waals surface area contributed by atoms with Gasteiger partial charge in [-0.2, -0.15) is 0 Å². The van der Waals surface area contributed by atoms with Crippen LogP contribution in [0, 0.1) is 13.8 Å². The number of hydrogen-bond acceptors (Lipinski definition) is 3. The van der Waals surface area contributed by atoms with E-state index < -0.39 is 12.0 Å². The number of nitrogens with two attached hydrogens (primary N) is 1. The minimum absolute atomic E-state index is 0.323. The first kappa shape index (κ1) is 10.7. The fourth-order valence-corrected chi connectivity index (χ4v) is 1.15. The Morgan fingerprint density at radius 3 is 2.79 bits per heavy atom. The average molecular weight is 194 g/mol. The number of pyridine rings is 1. The van der Waals surface area contributed by atoms with E-state index in [4.69, 9.17) is 10.8 Å². The fraction of sp³-hybridized carbons (Fsp3) is 0.400. The lowest BCUT2D eigenvalue weighted by molar-refractivity contribution is -0.138. The van der Waals surface area contributed by atoms with E-state index in [1.54, 1.807) is 6.20 Å². The molecule has 0 fully saturated rings. The summed E-state index contributed by atoms with van der Waals surface area (Å²) >= 11 is 0. The van der Waals surface area contributed by atoms with Gasteiger partial charge in [0.05, 0.1) is 0 Å². The highest BCUT2D eigenvalue weighted by molar-refractivity contribution is 5.73. The van der Waals surface area contributed by atoms with Crippen LogP contribution in [0.5, 0.6) is 0 Å². The van der Waals surface area contributed by atoms with E-state index in [1.807, 2.05) is 19.9 Å². The number of hydrogen-bond donors (Lipinski definition) is 2. The molecule has 0 saturated carbocycles. The lowest BCUT2D eigenvalue weighted by Crippen LogP contribution is -2.32. The summed E-state index contributed by atoms with van der Waals surface area (Å²) in [6, 6.07) is 1.07. The lowest BCUT2D eigenvalue weighted by Gasteiger charge is -2.07. The molecule has 1 atom stereocenters. The Balaban J connectivity index is 2.78. The Morgan fingerprint density at radius 2 is 2.29 bits per heavy atom. The molecule has 1 rings (SSSR count). The van der Waals surface area contributed by atoms with Crippen LogP contribution in [0.3, 0.4) is 0 Å². The van der Waals surface area contributed by atoms with E-state index in [9.17, 15) is 4.79 Å². The molecule has 1 aromatic heterocycles. The van der Waals surface area contributed by atoms with Crippen molar-refractivity contribution in [1.82, 2.24) is 4.98 Å². The van der Waals surface area contributed by atoms with Crippen LogP contribution in [-0.2, 0) is 11.2 Å². The second kappa shape index (κ2) is 4.19. The molecular weight excluding hydrogens is 180 g/mol. The Bertz CT molecular complexity index is 350. The molecule has 4 heteroatoms. The topological polar surface area (TPSA) is 76.2 Å². The van der Waals surface area contributed by atoms with Crippen LogP contribution in [-0.4, -0.2) is 22.1 Å². The summed E-state index contributed by atoms with van der Waals surface area (Å²) in [7, 11) is 0. The zero-order valence-corrected chi connectivity index (χ0v) is 8.32. The van der Waals surface area contributed by atoms with Gasteiger partial charge in [0, 0.05) is 11.9 Å². The van der Waals surface area contributed by atoms with Gasteiger partial charge in [-0.1, -0.05) is 6.07 Å². The van der Waals surface area contributed by atoms with Crippen molar-refractivity contribution in [2.24, 2.45) is 5.73 Å². The van der Waals surface area contributed by atoms with Crippen LogP contribution in [0.2, 0.25) is 0 Å². The van der Waals surface area contributed by atoms with Gasteiger partial charge in [-0.15, -0.1) is 0 Å². The first-order valence-corrected chi connectivity index (χ1v) is 4.41. The standard InChI is InChI=1S/C10H14N2O2/c1-6-3-8(5-12-7(6)2)4-9(11)10(13)14/h3,5,9H,4,11H2,1-2H3,(H,13,14)/t9-/m0/s1. The molecule has 0 saturated heterocycles. The molecule has 76 valence electrons. The number of aromatic nitrogens is 1. The van der Waals surface area contributed by atoms with Crippen LogP contribution in [0.4, 0.5) is 0 Å². The molecule has 0 amide bonds. The minimum Gasteiger partial charge on any atom is -0.480 e. The highest BCUT2D eigenvalue weighted by Crippen LogP contribution is 2.08. The zero-order valence-electron chi connectivity index (χ0n) is 8.32. The molecule has 14 heavy (non-hydrogen) atoms. The maximum Gasteiger partial charge on any atom is 0.320 e. The summed E-state index contributed by atoms with van der Waals surface area (Å²) in [5.41, 5.74) is 8.28. The predicted octanol–water partition coefficient (Wildman–Crippen LogP) is 0.653. The van der Waals surface area contributed by atoms with Crippen LogP contribution in [0.1, 0.15) is 16.8 Å². The van der Waals surface area contributed by atoms with Crippen molar-refractivity contribution in [1.29, 1.82) is 0 Å². The fourth-order valence-electron chi connectivity index (χ4n) is 1.15. The molecule has 1 heterocycles. The molecule has 4 nitrogen and oxygen atoms in total. The number of carboxylic acids is 1. The van der Waals surface area contributed by atoms with Crippen molar-refractivity contribution in [3.8, 4) is 0 Å². The van der Waals surface area contributed by atoms with Gasteiger partial charge in [0.1, 0.15) is 6.04 Å². The van der Waals surface area contributed by atoms with Crippen molar-refractivity contribution >= 4 is 5.97 Å². The van der Waals surface area contributed by atoms with Gasteiger partial charge in [0.15, 0.2) is 0 Å². The van der Waals surface area contributed by atoms with E-state index in [0.717, 1.165) is 16.8 Å². The monoisotopic (exact) mass is 194 g/mol. The summed E-state index contributed by atoms with van der Waals surface area (Å²) < 4.78 is 0. The van der Waals surface area contributed by atoms with Gasteiger partial charge < -0.3 is 10.8 Å². The molecular formula is C10H14N2O2. The van der Waals surface area contributed by atoms with Gasteiger partial charge >= 0.3 is 5.97 Å². The van der Waals surface area contributed by atoms with E-state index in [2.05, 4.69) is 4.98 Å². The Hall–Kier alpha value is -1.42. The Labute approximate surface area is 82.8 Å². The number of nitrogens with zero attached hydrogens (tertiary/aromatic N) is 1. The summed E-state index contributed by atoms with van der Waals surface area (Å²) in [5, 5.41) is 8.62. The smallest absolute Gasteiger partial charge is 0.320 e. The third-order valence-corrected chi connectivity index (χ3v) is 2.17. The SMILES string of the molecule is Cc1cc(C[C@H](N)C(=O)O)cnc1C. The van der Waals surface area contributed by atoms with Gasteiger partial charge in [0.25, 0.3) is 0 Å². The third kappa shape index (κ3) is 2.53. The van der Waals surface area contributed by atoms with Crippen molar-refractivity contribution in [2.45, 2.75) is 26.3 Å². The molecule has 0 aliphatic carbocycles. The summed E-state index contributed by atoms with van der Waals surface area (Å²) in [6.45, 7) is 3.86. The van der Waals surface area contributed by atoms with E-state index in [-0.39, 0.29) is 0 Å². The minimum atomic E-state index is -0.983. The van der Waals surface area contributed by atoms with E-state index in [1.165, 1.54) is 0 Å². The van der Waals surface area contributed by atoms with Gasteiger partial charge in [-0.3, -0.25) is 9.78 Å². The average Bonchev–Trinajstić information content (AvgIpc) is 2.11. The molecule has 0 aromatic carbocycles. The maximum atomic E-state index is 10.5. The number of carbonyl (C=O) groups is 1. The highest BCUT2D eigenvalue weighted by Gasteiger charge is 2.12. The van der Waals surface area contributed by atoms with Crippen LogP contribution in [0.15, 0.2) is 12.3 Å². The normalized spacial score (nSPS) is 12.5. The maximum absolute atomic E-state index is 10.5. The largest absolute Gasteiger partial charge is 0.480 e. The Kier molecular flexibility index (Phi) is 3.19. The van der Waals surface area contributed by atoms with Gasteiger partial charge in [-0.25, -0.2) is 0 Å². The van der Waals surface area contributed by atoms with E-state index in [0.29, 0.717) is 6.42 Å². The second-order valence-electron chi connectivity index (χ2n) is 3.39. The van der Waals surface area contributed by atoms with Crippen LogP contribution < -0.4 is 5.73 Å². The zero-order chi connectivity index (χ0) is 10.7. The van der Waals surface area contributed by atoms with Crippen molar-refractivity contribution in [3.05, 3.63) is 29.1 Å². The molecule has 0 spiro atoms. The number of aliphatic carboxylic acids is 1. The molecule has 0 aliphatic heterocycles. The van der Waals surface area contributed by atoms with Crippen molar-refractivity contribution in [3.63, 3.8) is 0 Å². The first-order valence-electron chi connectivity index (χ1n) is 4.41. The van der Waals surface area contributed by atoms with Gasteiger partial charge in [0.2, 0.25) is 0 Å². The third-order valence-electron chi connectivity index (χ3n) is 2.17. The van der Waals surface area contributed by atoms with Gasteiger partial charge in [-0.05, 0) is 31.4 Å². The quantitative estimate of drug-likeness (QED) is 0.740. The number of carboxylic acid groups (broad SMARTS) is 1. The predicted molar refractivity (Wildman–Crippen MR) is 53.0 cm³/mol. The van der Waals surface area contributed by atoms with Crippen molar-refractivity contribution < 1.29 is 9.90 Å². The molecule has 0 radical (unpaired) electrons. The van der Waals surface area contributed by atoms with Crippen molar-refractivity contribution in [2.75, 3.05) is 0 Å². The summed E-state index contributed by atoms with van der Waals surface area (Å²) in [6.07, 6.45) is 1.99. The van der Waals surface area contributed by atoms with Crippen LogP contribution in [0.25, 0.3) is 0 Å². The number of aryl methyl sites for hydroxylation is 2. The molecule has 1 aromatic rings. The highest BCUT2D eigenvalue weighted by atomic mass is 16.4.